The molecule has 0 amide bonds. The van der Waals surface area contributed by atoms with Gasteiger partial charge in [-0.15, -0.1) is 5.10 Å². The highest BCUT2D eigenvalue weighted by atomic mass is 15.4. The lowest BCUT2D eigenvalue weighted by molar-refractivity contribution is 0.199. The van der Waals surface area contributed by atoms with Gasteiger partial charge in [0.15, 0.2) is 0 Å². The van der Waals surface area contributed by atoms with Crippen LogP contribution >= 0.6 is 0 Å². The van der Waals surface area contributed by atoms with E-state index in [9.17, 15) is 0 Å². The molecule has 1 fully saturated rings. The van der Waals surface area contributed by atoms with Crippen LogP contribution in [0.25, 0.3) is 0 Å². The molecular weight excluding hydrogens is 236 g/mol. The van der Waals surface area contributed by atoms with Gasteiger partial charge in [0.1, 0.15) is 0 Å². The lowest BCUT2D eigenvalue weighted by Crippen LogP contribution is -2.35. The van der Waals surface area contributed by atoms with Gasteiger partial charge in [0.25, 0.3) is 0 Å². The van der Waals surface area contributed by atoms with Crippen molar-refractivity contribution in [2.75, 3.05) is 0 Å². The Labute approximate surface area is 117 Å². The molecule has 1 aliphatic rings. The van der Waals surface area contributed by atoms with Crippen LogP contribution in [0, 0.1) is 11.8 Å². The molecule has 1 aliphatic carbocycles. The summed E-state index contributed by atoms with van der Waals surface area (Å²) in [7, 11) is 0. The summed E-state index contributed by atoms with van der Waals surface area (Å²) in [6.45, 7) is 12.0. The highest BCUT2D eigenvalue weighted by Gasteiger charge is 2.26. The van der Waals surface area contributed by atoms with Gasteiger partial charge in [-0.2, -0.15) is 0 Å². The maximum Gasteiger partial charge on any atom is 0.0965 e. The van der Waals surface area contributed by atoms with Crippen molar-refractivity contribution in [3.05, 3.63) is 11.9 Å². The van der Waals surface area contributed by atoms with Gasteiger partial charge in [0, 0.05) is 12.1 Å². The van der Waals surface area contributed by atoms with Gasteiger partial charge in [-0.1, -0.05) is 19.1 Å². The first kappa shape index (κ1) is 14.5. The van der Waals surface area contributed by atoms with E-state index in [2.05, 4.69) is 61.1 Å². The molecule has 0 aliphatic heterocycles. The average molecular weight is 264 g/mol. The molecule has 1 saturated carbocycles. The second kappa shape index (κ2) is 5.61. The predicted molar refractivity (Wildman–Crippen MR) is 77.8 cm³/mol. The molecule has 0 bridgehead atoms. The average Bonchev–Trinajstić information content (AvgIpc) is 2.78. The van der Waals surface area contributed by atoms with E-state index in [1.807, 2.05) is 0 Å². The van der Waals surface area contributed by atoms with Crippen LogP contribution in [-0.2, 0) is 6.54 Å². The monoisotopic (exact) mass is 264 g/mol. The Hall–Kier alpha value is -0.900. The van der Waals surface area contributed by atoms with Gasteiger partial charge in [-0.25, -0.2) is 4.68 Å². The third kappa shape index (κ3) is 4.03. The number of rotatable bonds is 3. The summed E-state index contributed by atoms with van der Waals surface area (Å²) in [5.41, 5.74) is 1.17. The summed E-state index contributed by atoms with van der Waals surface area (Å²) in [5.74, 6) is 1.64. The van der Waals surface area contributed by atoms with Crippen LogP contribution in [0.4, 0.5) is 0 Å². The third-order valence-corrected chi connectivity index (χ3v) is 4.30. The van der Waals surface area contributed by atoms with Gasteiger partial charge >= 0.3 is 0 Å². The van der Waals surface area contributed by atoms with E-state index in [1.165, 1.54) is 19.3 Å². The predicted octanol–water partition coefficient (Wildman–Crippen LogP) is 3.16. The van der Waals surface area contributed by atoms with E-state index < -0.39 is 0 Å². The first-order valence-corrected chi connectivity index (χ1v) is 7.51. The van der Waals surface area contributed by atoms with Crippen molar-refractivity contribution in [1.82, 2.24) is 20.3 Å². The minimum absolute atomic E-state index is 0.124. The first-order valence-electron chi connectivity index (χ1n) is 7.51. The summed E-state index contributed by atoms with van der Waals surface area (Å²) < 4.78 is 2.09. The Balaban J connectivity index is 1.93. The smallest absolute Gasteiger partial charge is 0.0965 e. The fourth-order valence-corrected chi connectivity index (χ4v) is 2.69. The third-order valence-electron chi connectivity index (χ3n) is 4.30. The number of hydrogen-bond donors (Lipinski definition) is 1. The molecule has 2 rings (SSSR count). The van der Waals surface area contributed by atoms with Crippen LogP contribution in [0.2, 0.25) is 0 Å². The van der Waals surface area contributed by atoms with Crippen molar-refractivity contribution in [1.29, 1.82) is 0 Å². The second-order valence-electron chi connectivity index (χ2n) is 7.21. The maximum atomic E-state index is 4.33. The number of nitrogens with one attached hydrogen (secondary N) is 1. The first-order chi connectivity index (χ1) is 8.85. The fourth-order valence-electron chi connectivity index (χ4n) is 2.69. The van der Waals surface area contributed by atoms with Crippen LogP contribution in [0.3, 0.4) is 0 Å². The molecule has 1 N–H and O–H groups in total. The van der Waals surface area contributed by atoms with Crippen molar-refractivity contribution in [3.63, 3.8) is 0 Å². The van der Waals surface area contributed by atoms with E-state index in [0.29, 0.717) is 6.04 Å². The normalized spacial score (nSPS) is 28.6. The van der Waals surface area contributed by atoms with Gasteiger partial charge < -0.3 is 5.32 Å². The highest BCUT2D eigenvalue weighted by molar-refractivity contribution is 4.95. The van der Waals surface area contributed by atoms with Crippen molar-refractivity contribution in [2.45, 2.75) is 72.0 Å². The maximum absolute atomic E-state index is 4.33. The van der Waals surface area contributed by atoms with E-state index in [0.717, 1.165) is 24.1 Å². The summed E-state index contributed by atoms with van der Waals surface area (Å²) in [4.78, 5) is 0. The SMILES string of the molecule is CC1CCC(n2cc(CNC(C)(C)C)nn2)CC1C. The van der Waals surface area contributed by atoms with Crippen LogP contribution in [0.15, 0.2) is 6.20 Å². The van der Waals surface area contributed by atoms with Crippen LogP contribution in [-0.4, -0.2) is 20.5 Å². The molecule has 0 aromatic carbocycles. The number of nitrogens with zero attached hydrogens (tertiary/aromatic N) is 3. The number of aromatic nitrogens is 3. The van der Waals surface area contributed by atoms with Crippen molar-refractivity contribution >= 4 is 0 Å². The van der Waals surface area contributed by atoms with Crippen LogP contribution in [0.5, 0.6) is 0 Å². The zero-order valence-corrected chi connectivity index (χ0v) is 13.0. The molecule has 108 valence electrons. The van der Waals surface area contributed by atoms with Crippen LogP contribution in [0.1, 0.15) is 65.6 Å². The quantitative estimate of drug-likeness (QED) is 0.912. The fraction of sp³-hybridized carbons (Fsp3) is 0.867. The molecule has 1 aromatic heterocycles. The minimum Gasteiger partial charge on any atom is -0.306 e. The molecule has 3 atom stereocenters. The van der Waals surface area contributed by atoms with Crippen molar-refractivity contribution in [3.8, 4) is 0 Å². The molecule has 4 heteroatoms. The number of hydrogen-bond acceptors (Lipinski definition) is 3. The van der Waals surface area contributed by atoms with Crippen LogP contribution < -0.4 is 5.32 Å². The highest BCUT2D eigenvalue weighted by Crippen LogP contribution is 2.35. The van der Waals surface area contributed by atoms with Gasteiger partial charge in [0.05, 0.1) is 17.9 Å². The zero-order valence-electron chi connectivity index (χ0n) is 13.0. The van der Waals surface area contributed by atoms with Gasteiger partial charge in [-0.05, 0) is 51.9 Å². The molecule has 0 saturated heterocycles. The lowest BCUT2D eigenvalue weighted by atomic mass is 9.79. The zero-order chi connectivity index (χ0) is 14.0. The summed E-state index contributed by atoms with van der Waals surface area (Å²) >= 11 is 0. The summed E-state index contributed by atoms with van der Waals surface area (Å²) in [6, 6.07) is 0.544. The molecule has 1 aromatic rings. The summed E-state index contributed by atoms with van der Waals surface area (Å²) in [6.07, 6.45) is 5.89. The Kier molecular flexibility index (Phi) is 4.29. The second-order valence-corrected chi connectivity index (χ2v) is 7.21. The Morgan fingerprint density at radius 2 is 2.00 bits per heavy atom. The van der Waals surface area contributed by atoms with Crippen molar-refractivity contribution < 1.29 is 0 Å². The van der Waals surface area contributed by atoms with E-state index in [4.69, 9.17) is 0 Å². The standard InChI is InChI=1S/C15H28N4/c1-11-6-7-14(8-12(11)2)19-10-13(17-18-19)9-16-15(3,4)5/h10-12,14,16H,6-9H2,1-5H3. The van der Waals surface area contributed by atoms with Gasteiger partial charge in [0.2, 0.25) is 0 Å². The minimum atomic E-state index is 0.124. The Bertz CT molecular complexity index is 405. The molecular formula is C15H28N4. The van der Waals surface area contributed by atoms with E-state index in [1.54, 1.807) is 0 Å². The largest absolute Gasteiger partial charge is 0.306 e. The molecule has 0 spiro atoms. The lowest BCUT2D eigenvalue weighted by Gasteiger charge is -2.31. The molecule has 19 heavy (non-hydrogen) atoms. The molecule has 0 radical (unpaired) electrons. The van der Waals surface area contributed by atoms with E-state index >= 15 is 0 Å². The summed E-state index contributed by atoms with van der Waals surface area (Å²) in [5, 5.41) is 12.1. The van der Waals surface area contributed by atoms with E-state index in [-0.39, 0.29) is 5.54 Å². The van der Waals surface area contributed by atoms with Gasteiger partial charge in [-0.3, -0.25) is 0 Å². The molecule has 3 unspecified atom stereocenters. The topological polar surface area (TPSA) is 42.7 Å². The Morgan fingerprint density at radius 3 is 2.63 bits per heavy atom. The Morgan fingerprint density at radius 1 is 1.26 bits per heavy atom. The molecule has 4 nitrogen and oxygen atoms in total. The molecule has 1 heterocycles. The van der Waals surface area contributed by atoms with Crippen molar-refractivity contribution in [2.24, 2.45) is 11.8 Å².